The van der Waals surface area contributed by atoms with Gasteiger partial charge in [-0.25, -0.2) is 8.80 Å². The molecule has 22 heavy (non-hydrogen) atoms. The number of aromatic nitrogens is 2. The maximum atomic E-state index is 11.7. The highest BCUT2D eigenvalue weighted by Gasteiger charge is 2.22. The predicted octanol–water partition coefficient (Wildman–Crippen LogP) is 2.15. The second-order valence-corrected chi connectivity index (χ2v) is 5.65. The van der Waals surface area contributed by atoms with Crippen molar-refractivity contribution in [1.29, 1.82) is 0 Å². The number of Topliss-reactive ketones (excluding diaryl/α,β-unsaturated/α-hetero) is 2. The van der Waals surface area contributed by atoms with Gasteiger partial charge in [0, 0.05) is 11.1 Å². The van der Waals surface area contributed by atoms with Gasteiger partial charge in [0.15, 0.2) is 11.6 Å². The highest BCUT2D eigenvalue weighted by molar-refractivity contribution is 5.98. The maximum absolute atomic E-state index is 11.7. The Labute approximate surface area is 128 Å². The lowest BCUT2D eigenvalue weighted by atomic mass is 10.1. The van der Waals surface area contributed by atoms with Gasteiger partial charge in [-0.3, -0.25) is 14.5 Å². The normalized spacial score (nSPS) is 11.1. The van der Waals surface area contributed by atoms with Crippen LogP contribution in [0.3, 0.4) is 0 Å². The summed E-state index contributed by atoms with van der Waals surface area (Å²) >= 11 is 0. The number of rotatable bonds is 3. The number of hydrogen-bond acceptors (Lipinski definition) is 3. The van der Waals surface area contributed by atoms with E-state index in [0.717, 1.165) is 17.0 Å². The van der Waals surface area contributed by atoms with Gasteiger partial charge in [0.1, 0.15) is 11.0 Å². The molecule has 0 aliphatic heterocycles. The molecule has 0 aliphatic rings. The molecule has 5 nitrogen and oxygen atoms in total. The molecule has 0 radical (unpaired) electrons. The van der Waals surface area contributed by atoms with Gasteiger partial charge >= 0.3 is 5.95 Å². The summed E-state index contributed by atoms with van der Waals surface area (Å²) in [5.41, 5.74) is 3.12. The Hall–Kier alpha value is -2.69. The van der Waals surface area contributed by atoms with Crippen LogP contribution < -0.4 is 9.30 Å². The van der Waals surface area contributed by atoms with Crippen LogP contribution in [0.25, 0.3) is 11.0 Å². The van der Waals surface area contributed by atoms with E-state index in [1.54, 1.807) is 13.8 Å². The van der Waals surface area contributed by atoms with Crippen LogP contribution in [0, 0.1) is 0 Å². The molecule has 0 aromatic carbocycles. The van der Waals surface area contributed by atoms with Crippen LogP contribution in [0.15, 0.2) is 36.7 Å². The van der Waals surface area contributed by atoms with Gasteiger partial charge in [0.25, 0.3) is 0 Å². The number of anilines is 1. The Morgan fingerprint density at radius 2 is 1.68 bits per heavy atom. The summed E-state index contributed by atoms with van der Waals surface area (Å²) in [5.74, 6) is 1.00. The molecule has 3 rings (SSSR count). The molecule has 3 heterocycles. The van der Waals surface area contributed by atoms with Gasteiger partial charge in [-0.05, 0) is 38.1 Å². The van der Waals surface area contributed by atoms with E-state index in [4.69, 9.17) is 0 Å². The Morgan fingerprint density at radius 3 is 2.27 bits per heavy atom. The molecule has 0 bridgehead atoms. The van der Waals surface area contributed by atoms with Crippen molar-refractivity contribution in [3.8, 4) is 0 Å². The molecular weight excluding hydrogens is 278 g/mol. The summed E-state index contributed by atoms with van der Waals surface area (Å²) in [4.78, 5) is 25.3. The largest absolute Gasteiger partial charge is 0.369 e. The zero-order valence-electron chi connectivity index (χ0n) is 13.1. The molecule has 5 heteroatoms. The van der Waals surface area contributed by atoms with Crippen LogP contribution in [0.4, 0.5) is 5.95 Å². The van der Waals surface area contributed by atoms with E-state index >= 15 is 0 Å². The number of nitrogens with zero attached hydrogens (tertiary/aromatic N) is 3. The van der Waals surface area contributed by atoms with Crippen molar-refractivity contribution in [2.24, 2.45) is 0 Å². The fraction of sp³-hybridized carbons (Fsp3) is 0.235. The third-order valence-electron chi connectivity index (χ3n) is 3.82. The van der Waals surface area contributed by atoms with Gasteiger partial charge in [-0.1, -0.05) is 0 Å². The number of imidazole rings is 1. The summed E-state index contributed by atoms with van der Waals surface area (Å²) in [7, 11) is 3.93. The maximum Gasteiger partial charge on any atom is 0.369 e. The van der Waals surface area contributed by atoms with Crippen molar-refractivity contribution in [2.45, 2.75) is 13.8 Å². The summed E-state index contributed by atoms with van der Waals surface area (Å²) in [6, 6.07) is 7.37. The monoisotopic (exact) mass is 296 g/mol. The first-order valence-corrected chi connectivity index (χ1v) is 7.09. The second-order valence-electron chi connectivity index (χ2n) is 5.65. The molecule has 0 fully saturated rings. The lowest BCUT2D eigenvalue weighted by molar-refractivity contribution is -0.497. The van der Waals surface area contributed by atoms with Gasteiger partial charge < -0.3 is 0 Å². The molecule has 0 amide bonds. The average Bonchev–Trinajstić information content (AvgIpc) is 2.79. The molecule has 0 unspecified atom stereocenters. The van der Waals surface area contributed by atoms with Gasteiger partial charge in [0.05, 0.1) is 26.5 Å². The summed E-state index contributed by atoms with van der Waals surface area (Å²) in [5, 5.41) is 0. The van der Waals surface area contributed by atoms with E-state index in [1.807, 2.05) is 64.5 Å². The van der Waals surface area contributed by atoms with Crippen LogP contribution in [0.1, 0.15) is 34.6 Å². The molecule has 0 N–H and O–H groups in total. The highest BCUT2D eigenvalue weighted by atomic mass is 16.1. The molecule has 0 saturated heterocycles. The number of carbonyl (C=O) groups is 2. The quantitative estimate of drug-likeness (QED) is 0.549. The van der Waals surface area contributed by atoms with E-state index in [1.165, 1.54) is 0 Å². The number of fused-ring (bicyclic) bond motifs is 3. The number of pyridine rings is 2. The molecule has 0 aliphatic carbocycles. The summed E-state index contributed by atoms with van der Waals surface area (Å²) in [6.07, 6.45) is 3.78. The molecule has 3 aromatic heterocycles. The third-order valence-corrected chi connectivity index (χ3v) is 3.82. The lowest BCUT2D eigenvalue weighted by Gasteiger charge is -2.04. The first-order valence-electron chi connectivity index (χ1n) is 7.09. The number of hydrogen-bond donors (Lipinski definition) is 0. The minimum atomic E-state index is 0.0241. The van der Waals surface area contributed by atoms with Crippen molar-refractivity contribution < 1.29 is 14.0 Å². The third kappa shape index (κ3) is 2.06. The molecule has 0 atom stereocenters. The van der Waals surface area contributed by atoms with E-state index < -0.39 is 0 Å². The van der Waals surface area contributed by atoms with E-state index in [9.17, 15) is 9.59 Å². The van der Waals surface area contributed by atoms with Crippen molar-refractivity contribution in [2.75, 3.05) is 19.0 Å². The minimum Gasteiger partial charge on any atom is -0.295 e. The second kappa shape index (κ2) is 4.94. The number of carbonyl (C=O) groups excluding carboxylic acids is 2. The van der Waals surface area contributed by atoms with Gasteiger partial charge in [0.2, 0.25) is 0 Å². The van der Waals surface area contributed by atoms with Crippen molar-refractivity contribution >= 4 is 28.5 Å². The highest BCUT2D eigenvalue weighted by Crippen LogP contribution is 2.20. The van der Waals surface area contributed by atoms with Crippen LogP contribution in [0.5, 0.6) is 0 Å². The topological polar surface area (TPSA) is 45.9 Å². The Bertz CT molecular complexity index is 851. The fourth-order valence-electron chi connectivity index (χ4n) is 2.73. The summed E-state index contributed by atoms with van der Waals surface area (Å²) in [6.45, 7) is 3.11. The molecule has 0 spiro atoms. The standard InChI is InChI=1S/C17H18N3O2/c1-11(21)13-5-7-19-15(9-13)16-10-14(12(2)22)6-8-20(16)17(19)18(3)4/h5-10H,1-4H3/q+1. The van der Waals surface area contributed by atoms with Crippen LogP contribution in [-0.4, -0.2) is 30.1 Å². The zero-order chi connectivity index (χ0) is 16.0. The smallest absolute Gasteiger partial charge is 0.295 e. The van der Waals surface area contributed by atoms with Crippen LogP contribution in [-0.2, 0) is 0 Å². The van der Waals surface area contributed by atoms with Crippen molar-refractivity contribution in [1.82, 2.24) is 4.40 Å². The lowest BCUT2D eigenvalue weighted by Crippen LogP contribution is -2.29. The zero-order valence-corrected chi connectivity index (χ0v) is 13.1. The molecule has 0 saturated carbocycles. The van der Waals surface area contributed by atoms with Crippen molar-refractivity contribution in [3.63, 3.8) is 0 Å². The first-order chi connectivity index (χ1) is 10.4. The van der Waals surface area contributed by atoms with E-state index in [-0.39, 0.29) is 11.6 Å². The van der Waals surface area contributed by atoms with Crippen LogP contribution in [0.2, 0.25) is 0 Å². The Balaban J connectivity index is 2.47. The fourth-order valence-corrected chi connectivity index (χ4v) is 2.73. The van der Waals surface area contributed by atoms with Gasteiger partial charge in [-0.15, -0.1) is 0 Å². The van der Waals surface area contributed by atoms with E-state index in [2.05, 4.69) is 0 Å². The SMILES string of the molecule is CC(=O)c1ccn2c(N(C)C)[n+]3ccc(C(C)=O)cc3c2c1. The van der Waals surface area contributed by atoms with Gasteiger partial charge in [-0.2, -0.15) is 0 Å². The minimum absolute atomic E-state index is 0.0241. The molecular formula is C17H18N3O2+. The van der Waals surface area contributed by atoms with Crippen LogP contribution >= 0.6 is 0 Å². The Morgan fingerprint density at radius 1 is 1.05 bits per heavy atom. The number of ketones is 2. The summed E-state index contributed by atoms with van der Waals surface area (Å²) < 4.78 is 4.04. The predicted molar refractivity (Wildman–Crippen MR) is 84.9 cm³/mol. The molecule has 112 valence electrons. The molecule has 3 aromatic rings. The average molecular weight is 296 g/mol. The van der Waals surface area contributed by atoms with E-state index in [0.29, 0.717) is 11.1 Å². The Kier molecular flexibility index (Phi) is 3.20. The first kappa shape index (κ1) is 14.3. The van der Waals surface area contributed by atoms with Crippen molar-refractivity contribution in [3.05, 3.63) is 47.8 Å².